The SMILES string of the molecule is O=C(O)CN(CC1CC1)C1CC(NCc2cccc(-c3ccccn3)c2)C1. The minimum Gasteiger partial charge on any atom is -0.480 e. The van der Waals surface area contributed by atoms with Gasteiger partial charge in [-0.05, 0) is 55.4 Å². The molecule has 2 N–H and O–H groups in total. The van der Waals surface area contributed by atoms with Crippen molar-refractivity contribution in [2.75, 3.05) is 13.1 Å². The molecule has 0 aliphatic heterocycles. The summed E-state index contributed by atoms with van der Waals surface area (Å²) in [6, 6.07) is 15.4. The van der Waals surface area contributed by atoms with Crippen LogP contribution in [0.4, 0.5) is 0 Å². The maximum atomic E-state index is 11.1. The predicted molar refractivity (Wildman–Crippen MR) is 105 cm³/mol. The summed E-state index contributed by atoms with van der Waals surface area (Å²) < 4.78 is 0. The van der Waals surface area contributed by atoms with Crippen LogP contribution in [0.1, 0.15) is 31.2 Å². The van der Waals surface area contributed by atoms with E-state index in [2.05, 4.69) is 39.5 Å². The molecule has 1 aromatic heterocycles. The number of carboxylic acid groups (broad SMARTS) is 1. The minimum atomic E-state index is -0.710. The Hall–Kier alpha value is -2.24. The molecule has 1 heterocycles. The van der Waals surface area contributed by atoms with E-state index in [4.69, 9.17) is 5.11 Å². The third kappa shape index (κ3) is 4.93. The van der Waals surface area contributed by atoms with E-state index in [0.29, 0.717) is 12.1 Å². The normalized spacial score (nSPS) is 21.8. The maximum absolute atomic E-state index is 11.1. The number of hydrogen-bond acceptors (Lipinski definition) is 4. The number of hydrogen-bond donors (Lipinski definition) is 2. The van der Waals surface area contributed by atoms with Crippen LogP contribution < -0.4 is 5.32 Å². The Kier molecular flexibility index (Phi) is 5.50. The molecule has 27 heavy (non-hydrogen) atoms. The minimum absolute atomic E-state index is 0.181. The number of rotatable bonds is 9. The van der Waals surface area contributed by atoms with Crippen molar-refractivity contribution in [1.29, 1.82) is 0 Å². The zero-order valence-corrected chi connectivity index (χ0v) is 15.6. The lowest BCUT2D eigenvalue weighted by molar-refractivity contribution is -0.139. The Morgan fingerprint density at radius 3 is 2.74 bits per heavy atom. The number of pyridine rings is 1. The van der Waals surface area contributed by atoms with Crippen molar-refractivity contribution in [3.63, 3.8) is 0 Å². The Morgan fingerprint density at radius 2 is 2.04 bits per heavy atom. The summed E-state index contributed by atoms with van der Waals surface area (Å²) in [6.45, 7) is 1.97. The third-order valence-electron chi connectivity index (χ3n) is 5.64. The van der Waals surface area contributed by atoms with Crippen LogP contribution in [0.3, 0.4) is 0 Å². The molecule has 142 valence electrons. The third-order valence-corrected chi connectivity index (χ3v) is 5.64. The van der Waals surface area contributed by atoms with Gasteiger partial charge in [0, 0.05) is 36.9 Å². The Balaban J connectivity index is 1.27. The first kappa shape index (κ1) is 18.1. The van der Waals surface area contributed by atoms with Gasteiger partial charge in [-0.25, -0.2) is 0 Å². The van der Waals surface area contributed by atoms with Gasteiger partial charge in [0.05, 0.1) is 12.2 Å². The van der Waals surface area contributed by atoms with E-state index in [0.717, 1.165) is 43.1 Å². The zero-order chi connectivity index (χ0) is 18.6. The standard InChI is InChI=1S/C22H27N3O2/c26-22(27)15-25(14-16-7-8-16)20-11-19(12-20)24-13-17-4-3-5-18(10-17)21-6-1-2-9-23-21/h1-6,9-10,16,19-20,24H,7-8,11-15H2,(H,26,27). The molecule has 2 aliphatic rings. The summed E-state index contributed by atoms with van der Waals surface area (Å²) in [5, 5.41) is 12.8. The van der Waals surface area contributed by atoms with Crippen molar-refractivity contribution in [1.82, 2.24) is 15.2 Å². The van der Waals surface area contributed by atoms with E-state index < -0.39 is 5.97 Å². The number of benzene rings is 1. The lowest BCUT2D eigenvalue weighted by Crippen LogP contribution is -2.54. The van der Waals surface area contributed by atoms with Gasteiger partial charge < -0.3 is 10.4 Å². The predicted octanol–water partition coefficient (Wildman–Crippen LogP) is 3.17. The molecule has 0 radical (unpaired) electrons. The van der Waals surface area contributed by atoms with Gasteiger partial charge >= 0.3 is 5.97 Å². The average molecular weight is 365 g/mol. The number of nitrogens with one attached hydrogen (secondary N) is 1. The van der Waals surface area contributed by atoms with E-state index in [-0.39, 0.29) is 6.54 Å². The molecule has 0 bridgehead atoms. The summed E-state index contributed by atoms with van der Waals surface area (Å²) in [6.07, 6.45) is 6.42. The summed E-state index contributed by atoms with van der Waals surface area (Å²) in [5.41, 5.74) is 3.38. The summed E-state index contributed by atoms with van der Waals surface area (Å²) >= 11 is 0. The molecule has 2 saturated carbocycles. The highest BCUT2D eigenvalue weighted by molar-refractivity contribution is 5.69. The first-order valence-corrected chi connectivity index (χ1v) is 9.87. The van der Waals surface area contributed by atoms with E-state index in [1.807, 2.05) is 24.4 Å². The quantitative estimate of drug-likeness (QED) is 0.715. The van der Waals surface area contributed by atoms with Gasteiger partial charge in [-0.1, -0.05) is 24.3 Å². The fourth-order valence-electron chi connectivity index (χ4n) is 3.84. The molecule has 5 nitrogen and oxygen atoms in total. The molecular weight excluding hydrogens is 338 g/mol. The summed E-state index contributed by atoms with van der Waals surface area (Å²) in [7, 11) is 0. The molecule has 5 heteroatoms. The molecule has 2 aliphatic carbocycles. The monoisotopic (exact) mass is 365 g/mol. The van der Waals surface area contributed by atoms with Crippen molar-refractivity contribution in [3.05, 3.63) is 54.2 Å². The number of aliphatic carboxylic acids is 1. The molecule has 2 fully saturated rings. The first-order valence-electron chi connectivity index (χ1n) is 9.87. The largest absolute Gasteiger partial charge is 0.480 e. The van der Waals surface area contributed by atoms with Crippen LogP contribution in [-0.4, -0.2) is 46.1 Å². The van der Waals surface area contributed by atoms with Gasteiger partial charge in [-0.2, -0.15) is 0 Å². The van der Waals surface area contributed by atoms with E-state index >= 15 is 0 Å². The van der Waals surface area contributed by atoms with Crippen LogP contribution in [-0.2, 0) is 11.3 Å². The summed E-state index contributed by atoms with van der Waals surface area (Å²) in [4.78, 5) is 17.7. The highest BCUT2D eigenvalue weighted by atomic mass is 16.4. The highest BCUT2D eigenvalue weighted by Crippen LogP contribution is 2.33. The molecular formula is C22H27N3O2. The van der Waals surface area contributed by atoms with Gasteiger partial charge in [-0.3, -0.25) is 14.7 Å². The van der Waals surface area contributed by atoms with E-state index in [1.165, 1.54) is 18.4 Å². The second-order valence-corrected chi connectivity index (χ2v) is 7.88. The zero-order valence-electron chi connectivity index (χ0n) is 15.6. The van der Waals surface area contributed by atoms with Gasteiger partial charge in [-0.15, -0.1) is 0 Å². The number of aromatic nitrogens is 1. The topological polar surface area (TPSA) is 65.5 Å². The van der Waals surface area contributed by atoms with Crippen molar-refractivity contribution in [2.45, 2.75) is 44.3 Å². The van der Waals surface area contributed by atoms with Crippen LogP contribution >= 0.6 is 0 Å². The fourth-order valence-corrected chi connectivity index (χ4v) is 3.84. The molecule has 0 saturated heterocycles. The van der Waals surface area contributed by atoms with E-state index in [9.17, 15) is 4.79 Å². The molecule has 0 unspecified atom stereocenters. The number of nitrogens with zero attached hydrogens (tertiary/aromatic N) is 2. The molecule has 1 aromatic carbocycles. The Bertz CT molecular complexity index is 770. The van der Waals surface area contributed by atoms with Crippen molar-refractivity contribution < 1.29 is 9.90 Å². The summed E-state index contributed by atoms with van der Waals surface area (Å²) in [5.74, 6) is 0.0177. The second-order valence-electron chi connectivity index (χ2n) is 7.88. The molecule has 0 amide bonds. The molecule has 0 spiro atoms. The van der Waals surface area contributed by atoms with Gasteiger partial charge in [0.25, 0.3) is 0 Å². The lowest BCUT2D eigenvalue weighted by atomic mass is 9.85. The van der Waals surface area contributed by atoms with E-state index in [1.54, 1.807) is 0 Å². The van der Waals surface area contributed by atoms with Crippen LogP contribution in [0.2, 0.25) is 0 Å². The Labute approximate surface area is 160 Å². The van der Waals surface area contributed by atoms with Gasteiger partial charge in [0.1, 0.15) is 0 Å². The highest BCUT2D eigenvalue weighted by Gasteiger charge is 2.36. The molecule has 0 atom stereocenters. The average Bonchev–Trinajstić information content (AvgIpc) is 3.45. The smallest absolute Gasteiger partial charge is 0.317 e. The Morgan fingerprint density at radius 1 is 1.19 bits per heavy atom. The van der Waals surface area contributed by atoms with Crippen LogP contribution in [0.25, 0.3) is 11.3 Å². The first-order chi connectivity index (χ1) is 13.2. The molecule has 4 rings (SSSR count). The number of carboxylic acids is 1. The van der Waals surface area contributed by atoms with Gasteiger partial charge in [0.15, 0.2) is 0 Å². The van der Waals surface area contributed by atoms with Crippen molar-refractivity contribution in [3.8, 4) is 11.3 Å². The fraction of sp³-hybridized carbons (Fsp3) is 0.455. The number of carbonyl (C=O) groups is 1. The van der Waals surface area contributed by atoms with Crippen molar-refractivity contribution >= 4 is 5.97 Å². The lowest BCUT2D eigenvalue weighted by Gasteiger charge is -2.43. The molecule has 2 aromatic rings. The van der Waals surface area contributed by atoms with Gasteiger partial charge in [0.2, 0.25) is 0 Å². The van der Waals surface area contributed by atoms with Crippen LogP contribution in [0, 0.1) is 5.92 Å². The second kappa shape index (κ2) is 8.19. The van der Waals surface area contributed by atoms with Crippen LogP contribution in [0.15, 0.2) is 48.7 Å². The maximum Gasteiger partial charge on any atom is 0.317 e. The van der Waals surface area contributed by atoms with Crippen LogP contribution in [0.5, 0.6) is 0 Å². The van der Waals surface area contributed by atoms with Crippen molar-refractivity contribution in [2.24, 2.45) is 5.92 Å².